The predicted octanol–water partition coefficient (Wildman–Crippen LogP) is 3.60. The van der Waals surface area contributed by atoms with E-state index in [1.54, 1.807) is 47.5 Å². The van der Waals surface area contributed by atoms with Gasteiger partial charge < -0.3 is 15.0 Å². The summed E-state index contributed by atoms with van der Waals surface area (Å²) in [5, 5.41) is 10.1. The Kier molecular flexibility index (Phi) is 5.94. The van der Waals surface area contributed by atoms with Crippen LogP contribution in [0.15, 0.2) is 54.9 Å². The number of piperidine rings is 1. The lowest BCUT2D eigenvalue weighted by atomic mass is 9.95. The molecule has 1 fully saturated rings. The number of ether oxygens (including phenoxy) is 1. The van der Waals surface area contributed by atoms with Gasteiger partial charge in [0.25, 0.3) is 0 Å². The third kappa shape index (κ3) is 4.77. The molecule has 0 aliphatic carbocycles. The second kappa shape index (κ2) is 8.96. The molecule has 9 heteroatoms. The highest BCUT2D eigenvalue weighted by atomic mass is 35.5. The first kappa shape index (κ1) is 19.9. The van der Waals surface area contributed by atoms with E-state index < -0.39 is 11.8 Å². The van der Waals surface area contributed by atoms with Crippen molar-refractivity contribution in [1.82, 2.24) is 20.1 Å². The zero-order valence-corrected chi connectivity index (χ0v) is 16.8. The lowest BCUT2D eigenvalue weighted by molar-refractivity contribution is -0.144. The van der Waals surface area contributed by atoms with Crippen LogP contribution >= 0.6 is 11.6 Å². The van der Waals surface area contributed by atoms with Crippen molar-refractivity contribution in [3.05, 3.63) is 65.6 Å². The average Bonchev–Trinajstić information content (AvgIpc) is 3.31. The number of aromatic nitrogens is 3. The quantitative estimate of drug-likeness (QED) is 0.622. The zero-order valence-electron chi connectivity index (χ0n) is 16.0. The fraction of sp³-hybridized carbons (Fsp3) is 0.238. The Labute approximate surface area is 178 Å². The molecule has 1 aliphatic heterocycles. The largest absolute Gasteiger partial charge is 0.439 e. The van der Waals surface area contributed by atoms with Gasteiger partial charge in [-0.1, -0.05) is 11.6 Å². The molecule has 0 saturated carbocycles. The summed E-state index contributed by atoms with van der Waals surface area (Å²) in [5.41, 5.74) is 1.40. The first-order valence-electron chi connectivity index (χ1n) is 9.57. The molecule has 1 saturated heterocycles. The standard InChI is InChI=1S/C21H20ClN5O3/c22-15-3-6-17(7-4-15)30-19-8-5-16(12-23-19)25-20(28)21(29)27-11-1-2-14(13-27)18-9-10-24-26-18/h3-10,12,14H,1-2,11,13H2,(H,24,26)(H,25,28). The number of carbonyl (C=O) groups is 2. The van der Waals surface area contributed by atoms with E-state index in [9.17, 15) is 9.59 Å². The number of pyridine rings is 1. The summed E-state index contributed by atoms with van der Waals surface area (Å²) in [6, 6.07) is 12.0. The number of benzene rings is 1. The number of carbonyl (C=O) groups excluding carboxylic acids is 2. The molecular weight excluding hydrogens is 406 g/mol. The molecule has 0 radical (unpaired) electrons. The number of H-pyrrole nitrogens is 1. The topological polar surface area (TPSA) is 100 Å². The SMILES string of the molecule is O=C(Nc1ccc(Oc2ccc(Cl)cc2)nc1)C(=O)N1CCCC(c2ccn[nH]2)C1. The molecule has 2 aromatic heterocycles. The van der Waals surface area contributed by atoms with Gasteiger partial charge in [0.15, 0.2) is 0 Å². The molecule has 1 aliphatic rings. The maximum Gasteiger partial charge on any atom is 0.313 e. The Morgan fingerprint density at radius 2 is 2.00 bits per heavy atom. The minimum atomic E-state index is -0.687. The van der Waals surface area contributed by atoms with E-state index in [0.717, 1.165) is 18.5 Å². The molecule has 3 aromatic rings. The molecule has 8 nitrogen and oxygen atoms in total. The lowest BCUT2D eigenvalue weighted by Gasteiger charge is -2.31. The number of rotatable bonds is 4. The molecule has 1 aromatic carbocycles. The van der Waals surface area contributed by atoms with Crippen molar-refractivity contribution in [3.8, 4) is 11.6 Å². The molecule has 154 valence electrons. The summed E-state index contributed by atoms with van der Waals surface area (Å²) >= 11 is 5.85. The fourth-order valence-corrected chi connectivity index (χ4v) is 3.50. The number of amides is 2. The van der Waals surface area contributed by atoms with E-state index in [1.807, 2.05) is 6.07 Å². The van der Waals surface area contributed by atoms with Crippen LogP contribution in [0.1, 0.15) is 24.5 Å². The number of hydrogen-bond acceptors (Lipinski definition) is 5. The van der Waals surface area contributed by atoms with Crippen LogP contribution in [0.3, 0.4) is 0 Å². The highest BCUT2D eigenvalue weighted by Crippen LogP contribution is 2.26. The van der Waals surface area contributed by atoms with Gasteiger partial charge in [-0.3, -0.25) is 14.7 Å². The van der Waals surface area contributed by atoms with Crippen LogP contribution < -0.4 is 10.1 Å². The molecule has 2 amide bonds. The number of aromatic amines is 1. The smallest absolute Gasteiger partial charge is 0.313 e. The van der Waals surface area contributed by atoms with Crippen molar-refractivity contribution in [3.63, 3.8) is 0 Å². The highest BCUT2D eigenvalue weighted by Gasteiger charge is 2.29. The summed E-state index contributed by atoms with van der Waals surface area (Å²) in [7, 11) is 0. The number of halogens is 1. The summed E-state index contributed by atoms with van der Waals surface area (Å²) in [6.07, 6.45) is 4.92. The Bertz CT molecular complexity index is 1010. The summed E-state index contributed by atoms with van der Waals surface area (Å²) in [5.74, 6) is -0.131. The maximum atomic E-state index is 12.6. The van der Waals surface area contributed by atoms with E-state index in [1.165, 1.54) is 6.20 Å². The van der Waals surface area contributed by atoms with E-state index in [0.29, 0.717) is 35.4 Å². The van der Waals surface area contributed by atoms with Gasteiger partial charge in [0.1, 0.15) is 5.75 Å². The minimum absolute atomic E-state index is 0.156. The van der Waals surface area contributed by atoms with Crippen LogP contribution in [-0.4, -0.2) is 45.0 Å². The molecular formula is C21H20ClN5O3. The number of nitrogens with one attached hydrogen (secondary N) is 2. The second-order valence-corrected chi connectivity index (χ2v) is 7.43. The molecule has 0 spiro atoms. The van der Waals surface area contributed by atoms with E-state index in [4.69, 9.17) is 16.3 Å². The van der Waals surface area contributed by atoms with E-state index in [2.05, 4.69) is 20.5 Å². The summed E-state index contributed by atoms with van der Waals surface area (Å²) in [4.78, 5) is 30.7. The Morgan fingerprint density at radius 3 is 2.70 bits per heavy atom. The van der Waals surface area contributed by atoms with Crippen molar-refractivity contribution >= 4 is 29.1 Å². The van der Waals surface area contributed by atoms with Gasteiger partial charge in [0.05, 0.1) is 11.9 Å². The molecule has 4 rings (SSSR count). The first-order valence-corrected chi connectivity index (χ1v) is 9.95. The average molecular weight is 426 g/mol. The third-order valence-corrected chi connectivity index (χ3v) is 5.15. The molecule has 1 atom stereocenters. The molecule has 30 heavy (non-hydrogen) atoms. The van der Waals surface area contributed by atoms with Crippen LogP contribution in [0.25, 0.3) is 0 Å². The number of anilines is 1. The van der Waals surface area contributed by atoms with Gasteiger partial charge in [0, 0.05) is 42.0 Å². The third-order valence-electron chi connectivity index (χ3n) is 4.90. The molecule has 3 heterocycles. The normalized spacial score (nSPS) is 16.2. The second-order valence-electron chi connectivity index (χ2n) is 7.00. The molecule has 1 unspecified atom stereocenters. The lowest BCUT2D eigenvalue weighted by Crippen LogP contribution is -2.44. The van der Waals surface area contributed by atoms with Crippen molar-refractivity contribution in [1.29, 1.82) is 0 Å². The number of nitrogens with zero attached hydrogens (tertiary/aromatic N) is 3. The molecule has 2 N–H and O–H groups in total. The van der Waals surface area contributed by atoms with E-state index in [-0.39, 0.29) is 5.92 Å². The predicted molar refractivity (Wildman–Crippen MR) is 112 cm³/mol. The summed E-state index contributed by atoms with van der Waals surface area (Å²) < 4.78 is 5.62. The van der Waals surface area contributed by atoms with Gasteiger partial charge in [-0.15, -0.1) is 0 Å². The Hall–Kier alpha value is -3.39. The van der Waals surface area contributed by atoms with Crippen LogP contribution in [0.4, 0.5) is 5.69 Å². The highest BCUT2D eigenvalue weighted by molar-refractivity contribution is 6.39. The van der Waals surface area contributed by atoms with Crippen LogP contribution in [0.2, 0.25) is 5.02 Å². The molecule has 0 bridgehead atoms. The number of hydrogen-bond donors (Lipinski definition) is 2. The maximum absolute atomic E-state index is 12.6. The van der Waals surface area contributed by atoms with Crippen molar-refractivity contribution in [2.45, 2.75) is 18.8 Å². The van der Waals surface area contributed by atoms with E-state index >= 15 is 0 Å². The van der Waals surface area contributed by atoms with Crippen LogP contribution in [0.5, 0.6) is 11.6 Å². The van der Waals surface area contributed by atoms with Crippen LogP contribution in [0, 0.1) is 0 Å². The first-order chi connectivity index (χ1) is 14.6. The van der Waals surface area contributed by atoms with Gasteiger partial charge in [-0.25, -0.2) is 4.98 Å². The summed E-state index contributed by atoms with van der Waals surface area (Å²) in [6.45, 7) is 1.05. The zero-order chi connectivity index (χ0) is 20.9. The fourth-order valence-electron chi connectivity index (χ4n) is 3.38. The van der Waals surface area contributed by atoms with Crippen molar-refractivity contribution in [2.24, 2.45) is 0 Å². The van der Waals surface area contributed by atoms with Crippen molar-refractivity contribution in [2.75, 3.05) is 18.4 Å². The van der Waals surface area contributed by atoms with Gasteiger partial charge in [0.2, 0.25) is 5.88 Å². The van der Waals surface area contributed by atoms with Gasteiger partial charge in [-0.05, 0) is 49.2 Å². The van der Waals surface area contributed by atoms with Gasteiger partial charge in [-0.2, -0.15) is 5.10 Å². The Balaban J connectivity index is 1.33. The Morgan fingerprint density at radius 1 is 1.17 bits per heavy atom. The minimum Gasteiger partial charge on any atom is -0.439 e. The van der Waals surface area contributed by atoms with Crippen LogP contribution in [-0.2, 0) is 9.59 Å². The monoisotopic (exact) mass is 425 g/mol. The van der Waals surface area contributed by atoms with Crippen molar-refractivity contribution < 1.29 is 14.3 Å². The number of likely N-dealkylation sites (tertiary alicyclic amines) is 1. The van der Waals surface area contributed by atoms with Gasteiger partial charge >= 0.3 is 11.8 Å².